The first-order chi connectivity index (χ1) is 24.5. The van der Waals surface area contributed by atoms with Gasteiger partial charge < -0.3 is 68.1 Å². The number of carbonyl (C=O) groups is 3. The minimum absolute atomic E-state index is 0.0658. The van der Waals surface area contributed by atoms with Crippen LogP contribution in [0.5, 0.6) is 0 Å². The Bertz CT molecular complexity index is 755. The predicted octanol–water partition coefficient (Wildman–Crippen LogP) is -1.31. The molecule has 50 heavy (non-hydrogen) atoms. The lowest BCUT2D eigenvalue weighted by Gasteiger charge is -2.18. The minimum atomic E-state index is -0.533. The lowest BCUT2D eigenvalue weighted by atomic mass is 10.3. The molecule has 0 aliphatic carbocycles. The van der Waals surface area contributed by atoms with Gasteiger partial charge in [-0.1, -0.05) is 5.18 Å². The number of rotatable bonds is 40. The summed E-state index contributed by atoms with van der Waals surface area (Å²) < 4.78 is 58.7. The van der Waals surface area contributed by atoms with Gasteiger partial charge in [0.15, 0.2) is 0 Å². The fraction of sp³-hybridized carbons (Fsp3) is 0.903. The molecule has 19 heteroatoms. The molecule has 0 unspecified atom stereocenters. The van der Waals surface area contributed by atoms with Gasteiger partial charge in [0.1, 0.15) is 25.9 Å². The van der Waals surface area contributed by atoms with Crippen LogP contribution in [0.4, 0.5) is 0 Å². The molecular weight excluding hydrogens is 668 g/mol. The van der Waals surface area contributed by atoms with Crippen LogP contribution in [-0.4, -0.2) is 190 Å². The van der Waals surface area contributed by atoms with Crippen molar-refractivity contribution in [1.82, 2.24) is 16.0 Å². The van der Waals surface area contributed by atoms with Crippen LogP contribution >= 0.6 is 0 Å². The van der Waals surface area contributed by atoms with Crippen molar-refractivity contribution in [2.24, 2.45) is 5.18 Å². The summed E-state index contributed by atoms with van der Waals surface area (Å²) in [4.78, 5) is 45.9. The van der Waals surface area contributed by atoms with Crippen LogP contribution in [0.15, 0.2) is 5.18 Å². The van der Waals surface area contributed by atoms with Crippen molar-refractivity contribution >= 4 is 17.7 Å². The van der Waals surface area contributed by atoms with Crippen LogP contribution < -0.4 is 16.0 Å². The summed E-state index contributed by atoms with van der Waals surface area (Å²) >= 11 is 0. The molecule has 0 rings (SSSR count). The van der Waals surface area contributed by atoms with Crippen LogP contribution in [0, 0.1) is 4.91 Å². The molecule has 0 aliphatic rings. The molecule has 294 valence electrons. The molecule has 0 heterocycles. The standard InChI is InChI=1S/C31H60N4O15/c1-40-11-13-44-17-21-48-25-29(36)33-7-9-42-15-19-46-23-28(50-27-31(38)32-5-3-4-6-35-39)24-47-20-16-43-10-8-34-30(37)26-49-22-18-45-14-12-41-2/h28H,3-27H2,1-2H3,(H,32,38)(H,33,36)(H,34,37). The van der Waals surface area contributed by atoms with E-state index in [9.17, 15) is 19.3 Å². The second-order valence-corrected chi connectivity index (χ2v) is 10.2. The highest BCUT2D eigenvalue weighted by Gasteiger charge is 2.13. The Labute approximate surface area is 295 Å². The number of nitroso groups, excluding NO2 is 1. The Morgan fingerprint density at radius 2 is 0.880 bits per heavy atom. The maximum atomic E-state index is 12.1. The number of methoxy groups -OCH3 is 2. The molecule has 0 saturated carbocycles. The zero-order valence-electron chi connectivity index (χ0n) is 29.8. The van der Waals surface area contributed by atoms with Gasteiger partial charge in [-0.25, -0.2) is 0 Å². The van der Waals surface area contributed by atoms with E-state index in [0.29, 0.717) is 98.5 Å². The number of hydrogen-bond donors (Lipinski definition) is 3. The van der Waals surface area contributed by atoms with Crippen molar-refractivity contribution in [3.8, 4) is 0 Å². The molecule has 0 radical (unpaired) electrons. The summed E-state index contributed by atoms with van der Waals surface area (Å²) in [7, 11) is 3.18. The molecule has 0 atom stereocenters. The maximum Gasteiger partial charge on any atom is 0.246 e. The number of hydrogen-bond acceptors (Lipinski definition) is 16. The van der Waals surface area contributed by atoms with Crippen LogP contribution in [0.3, 0.4) is 0 Å². The van der Waals surface area contributed by atoms with Gasteiger partial charge in [0, 0.05) is 33.9 Å². The van der Waals surface area contributed by atoms with Gasteiger partial charge >= 0.3 is 0 Å². The van der Waals surface area contributed by atoms with Crippen LogP contribution in [0.2, 0.25) is 0 Å². The smallest absolute Gasteiger partial charge is 0.246 e. The van der Waals surface area contributed by atoms with Gasteiger partial charge in [-0.2, -0.15) is 4.91 Å². The number of nitrogens with zero attached hydrogens (tertiary/aromatic N) is 1. The highest BCUT2D eigenvalue weighted by Crippen LogP contribution is 1.97. The minimum Gasteiger partial charge on any atom is -0.382 e. The van der Waals surface area contributed by atoms with Crippen molar-refractivity contribution in [3.63, 3.8) is 0 Å². The first kappa shape index (κ1) is 47.6. The Hall–Kier alpha value is -2.43. The Kier molecular flexibility index (Phi) is 37.4. The van der Waals surface area contributed by atoms with Crippen molar-refractivity contribution in [2.75, 3.05) is 166 Å². The average molecular weight is 729 g/mol. The van der Waals surface area contributed by atoms with E-state index in [0.717, 1.165) is 0 Å². The van der Waals surface area contributed by atoms with E-state index < -0.39 is 6.10 Å². The molecule has 3 amide bonds. The monoisotopic (exact) mass is 728 g/mol. The molecule has 19 nitrogen and oxygen atoms in total. The quantitative estimate of drug-likeness (QED) is 0.0493. The zero-order chi connectivity index (χ0) is 36.6. The largest absolute Gasteiger partial charge is 0.382 e. The highest BCUT2D eigenvalue weighted by atomic mass is 16.6. The fourth-order valence-corrected chi connectivity index (χ4v) is 3.47. The third kappa shape index (κ3) is 36.8. The zero-order valence-corrected chi connectivity index (χ0v) is 29.8. The molecule has 0 spiro atoms. The third-order valence-corrected chi connectivity index (χ3v) is 6.01. The first-order valence-corrected chi connectivity index (χ1v) is 16.8. The van der Waals surface area contributed by atoms with E-state index in [1.807, 2.05) is 0 Å². The SMILES string of the molecule is COCCOCCOCC(=O)NCCOCCOCC(COCCOCCNC(=O)COCCOCCOC)OCC(=O)NCCCCN=O. The Morgan fingerprint density at radius 1 is 0.480 bits per heavy atom. The van der Waals surface area contributed by atoms with Gasteiger partial charge in [-0.3, -0.25) is 14.4 Å². The van der Waals surface area contributed by atoms with E-state index in [1.54, 1.807) is 14.2 Å². The van der Waals surface area contributed by atoms with Gasteiger partial charge in [-0.15, -0.1) is 0 Å². The summed E-state index contributed by atoms with van der Waals surface area (Å²) in [6, 6.07) is 0. The Balaban J connectivity index is 4.09. The summed E-state index contributed by atoms with van der Waals surface area (Å²) in [5, 5.41) is 10.9. The molecule has 0 aliphatic heterocycles. The van der Waals surface area contributed by atoms with Crippen LogP contribution in [0.1, 0.15) is 12.8 Å². The summed E-state index contributed by atoms with van der Waals surface area (Å²) in [5.41, 5.74) is 0. The lowest BCUT2D eigenvalue weighted by Crippen LogP contribution is -2.34. The molecule has 3 N–H and O–H groups in total. The number of nitrogens with one attached hydrogen (secondary N) is 3. The van der Waals surface area contributed by atoms with Crippen molar-refractivity contribution < 1.29 is 66.5 Å². The van der Waals surface area contributed by atoms with Gasteiger partial charge in [0.05, 0.1) is 112 Å². The molecule has 0 fully saturated rings. The predicted molar refractivity (Wildman–Crippen MR) is 179 cm³/mol. The number of ether oxygens (including phenoxy) is 11. The van der Waals surface area contributed by atoms with E-state index >= 15 is 0 Å². The van der Waals surface area contributed by atoms with Crippen molar-refractivity contribution in [2.45, 2.75) is 18.9 Å². The van der Waals surface area contributed by atoms with E-state index in [2.05, 4.69) is 21.1 Å². The summed E-state index contributed by atoms with van der Waals surface area (Å²) in [6.45, 7) is 6.29. The molecule has 0 saturated heterocycles. The second-order valence-electron chi connectivity index (χ2n) is 10.2. The molecule has 0 aromatic heterocycles. The number of carbonyl (C=O) groups excluding carboxylic acids is 3. The van der Waals surface area contributed by atoms with Crippen LogP contribution in [-0.2, 0) is 66.5 Å². The topological polar surface area (TPSA) is 218 Å². The van der Waals surface area contributed by atoms with Crippen molar-refractivity contribution in [3.05, 3.63) is 4.91 Å². The molecule has 0 bridgehead atoms. The first-order valence-electron chi connectivity index (χ1n) is 16.8. The Morgan fingerprint density at radius 3 is 1.36 bits per heavy atom. The number of amides is 3. The summed E-state index contributed by atoms with van der Waals surface area (Å²) in [6.07, 6.45) is 0.700. The molecular formula is C31H60N4O15. The summed E-state index contributed by atoms with van der Waals surface area (Å²) in [5.74, 6) is -0.803. The third-order valence-electron chi connectivity index (χ3n) is 6.01. The normalized spacial score (nSPS) is 11.2. The van der Waals surface area contributed by atoms with Gasteiger partial charge in [-0.05, 0) is 12.8 Å². The van der Waals surface area contributed by atoms with Crippen molar-refractivity contribution in [1.29, 1.82) is 0 Å². The molecule has 0 aromatic carbocycles. The number of unbranched alkanes of at least 4 members (excludes halogenated alkanes) is 1. The lowest BCUT2D eigenvalue weighted by molar-refractivity contribution is -0.132. The van der Waals surface area contributed by atoms with E-state index in [4.69, 9.17) is 52.1 Å². The van der Waals surface area contributed by atoms with Crippen LogP contribution in [0.25, 0.3) is 0 Å². The van der Waals surface area contributed by atoms with E-state index in [-0.39, 0.29) is 83.7 Å². The molecule has 0 aromatic rings. The maximum absolute atomic E-state index is 12.1. The van der Waals surface area contributed by atoms with Gasteiger partial charge in [0.25, 0.3) is 0 Å². The average Bonchev–Trinajstić information content (AvgIpc) is 3.11. The fourth-order valence-electron chi connectivity index (χ4n) is 3.47. The van der Waals surface area contributed by atoms with E-state index in [1.165, 1.54) is 0 Å². The second kappa shape index (κ2) is 39.4. The highest BCUT2D eigenvalue weighted by molar-refractivity contribution is 5.77. The van der Waals surface area contributed by atoms with Gasteiger partial charge in [0.2, 0.25) is 17.7 Å².